The Bertz CT molecular complexity index is 905. The molecule has 0 saturated carbocycles. The maximum atomic E-state index is 12.6. The Morgan fingerprint density at radius 3 is 2.35 bits per heavy atom. The predicted molar refractivity (Wildman–Crippen MR) is 93.1 cm³/mol. The van der Waals surface area contributed by atoms with Crippen LogP contribution in [0.1, 0.15) is 34.6 Å². The molecule has 2 aromatic rings. The lowest BCUT2D eigenvalue weighted by molar-refractivity contribution is -0.142. The first-order valence-corrected chi connectivity index (χ1v) is 9.28. The van der Waals surface area contributed by atoms with Gasteiger partial charge >= 0.3 is 5.97 Å². The van der Waals surface area contributed by atoms with E-state index in [4.69, 9.17) is 4.42 Å². The Morgan fingerprint density at radius 1 is 1.19 bits per heavy atom. The average molecular weight is 380 g/mol. The summed E-state index contributed by atoms with van der Waals surface area (Å²) in [5.41, 5.74) is 0.650. The number of carboxylic acid groups (broad SMARTS) is 1. The molecule has 3 N–H and O–H groups in total. The zero-order chi connectivity index (χ0) is 19.5. The van der Waals surface area contributed by atoms with Crippen molar-refractivity contribution in [2.24, 2.45) is 5.92 Å². The number of hydrogen-bond donors (Lipinski definition) is 3. The highest BCUT2D eigenvalue weighted by Gasteiger charge is 2.29. The van der Waals surface area contributed by atoms with Gasteiger partial charge in [-0.15, -0.1) is 0 Å². The van der Waals surface area contributed by atoms with Gasteiger partial charge in [0.2, 0.25) is 5.09 Å². The molecule has 2 rings (SSSR count). The first-order chi connectivity index (χ1) is 12.2. The molecule has 8 nitrogen and oxygen atoms in total. The number of carbonyl (C=O) groups excluding carboxylic acids is 1. The lowest BCUT2D eigenvalue weighted by Crippen LogP contribution is -2.35. The monoisotopic (exact) mass is 380 g/mol. The molecular weight excluding hydrogens is 360 g/mol. The fraction of sp³-hybridized carbons (Fsp3) is 0.294. The van der Waals surface area contributed by atoms with Crippen molar-refractivity contribution in [3.05, 3.63) is 53.3 Å². The third-order valence-corrected chi connectivity index (χ3v) is 5.28. The molecule has 1 aromatic heterocycles. The molecule has 0 radical (unpaired) electrons. The molecule has 0 saturated heterocycles. The van der Waals surface area contributed by atoms with Crippen LogP contribution in [0.4, 0.5) is 0 Å². The second kappa shape index (κ2) is 7.71. The van der Waals surface area contributed by atoms with Crippen LogP contribution >= 0.6 is 0 Å². The first-order valence-electron chi connectivity index (χ1n) is 7.80. The normalized spacial score (nSPS) is 13.8. The molecule has 26 heavy (non-hydrogen) atoms. The number of nitrogens with one attached hydrogen (secondary N) is 2. The molecular formula is C17H20N2O6S. The fourth-order valence-corrected chi connectivity index (χ4v) is 3.14. The van der Waals surface area contributed by atoms with Crippen molar-refractivity contribution >= 4 is 21.9 Å². The highest BCUT2D eigenvalue weighted by Crippen LogP contribution is 2.24. The predicted octanol–water partition coefficient (Wildman–Crippen LogP) is 1.69. The molecule has 0 bridgehead atoms. The van der Waals surface area contributed by atoms with E-state index < -0.39 is 33.9 Å². The van der Waals surface area contributed by atoms with Crippen LogP contribution in [-0.2, 0) is 14.8 Å². The van der Waals surface area contributed by atoms with Gasteiger partial charge in [-0.2, -0.15) is 0 Å². The number of carbonyl (C=O) groups is 2. The third kappa shape index (κ3) is 4.12. The molecule has 1 amide bonds. The molecule has 0 aliphatic heterocycles. The summed E-state index contributed by atoms with van der Waals surface area (Å²) in [6, 6.07) is 9.01. The Hall–Kier alpha value is -2.65. The number of aryl methyl sites for hydroxylation is 1. The number of hydrogen-bond acceptors (Lipinski definition) is 5. The Kier molecular flexibility index (Phi) is 5.83. The molecule has 140 valence electrons. The van der Waals surface area contributed by atoms with Gasteiger partial charge in [0.15, 0.2) is 0 Å². The van der Waals surface area contributed by atoms with E-state index >= 15 is 0 Å². The van der Waals surface area contributed by atoms with E-state index in [1.165, 1.54) is 20.9 Å². The van der Waals surface area contributed by atoms with Crippen molar-refractivity contribution in [3.63, 3.8) is 0 Å². The van der Waals surface area contributed by atoms with Gasteiger partial charge in [0, 0.05) is 6.07 Å². The van der Waals surface area contributed by atoms with E-state index in [0.717, 1.165) is 6.07 Å². The maximum Gasteiger partial charge on any atom is 0.308 e. The zero-order valence-corrected chi connectivity index (χ0v) is 15.3. The van der Waals surface area contributed by atoms with E-state index in [1.54, 1.807) is 30.3 Å². The Balaban J connectivity index is 2.35. The second-order valence-electron chi connectivity index (χ2n) is 5.73. The van der Waals surface area contributed by atoms with Crippen molar-refractivity contribution in [2.75, 3.05) is 7.05 Å². The number of aliphatic carboxylic acids is 1. The maximum absolute atomic E-state index is 12.6. The van der Waals surface area contributed by atoms with Gasteiger partial charge in [0.1, 0.15) is 5.76 Å². The van der Waals surface area contributed by atoms with Crippen LogP contribution in [0.3, 0.4) is 0 Å². The van der Waals surface area contributed by atoms with Crippen LogP contribution in [0.25, 0.3) is 0 Å². The fourth-order valence-electron chi connectivity index (χ4n) is 2.43. The van der Waals surface area contributed by atoms with Crippen LogP contribution in [-0.4, -0.2) is 32.4 Å². The summed E-state index contributed by atoms with van der Waals surface area (Å²) in [6.45, 7) is 2.95. The highest BCUT2D eigenvalue weighted by molar-refractivity contribution is 7.89. The first kappa shape index (κ1) is 19.7. The van der Waals surface area contributed by atoms with Gasteiger partial charge in [0.05, 0.1) is 17.5 Å². The number of benzene rings is 1. The van der Waals surface area contributed by atoms with Crippen molar-refractivity contribution in [1.82, 2.24) is 10.0 Å². The van der Waals surface area contributed by atoms with Crippen molar-refractivity contribution in [3.8, 4) is 0 Å². The van der Waals surface area contributed by atoms with Crippen LogP contribution in [0.5, 0.6) is 0 Å². The molecule has 0 fully saturated rings. The number of sulfonamides is 1. The summed E-state index contributed by atoms with van der Waals surface area (Å²) >= 11 is 0. The summed E-state index contributed by atoms with van der Waals surface area (Å²) in [5.74, 6) is -2.47. The third-order valence-electron chi connectivity index (χ3n) is 4.01. The Labute approximate surface area is 151 Å². The lowest BCUT2D eigenvalue weighted by Gasteiger charge is -2.22. The minimum Gasteiger partial charge on any atom is -0.481 e. The number of rotatable bonds is 7. The van der Waals surface area contributed by atoms with Gasteiger partial charge in [-0.3, -0.25) is 9.59 Å². The van der Waals surface area contributed by atoms with Crippen LogP contribution in [0, 0.1) is 12.8 Å². The Morgan fingerprint density at radius 2 is 1.81 bits per heavy atom. The summed E-state index contributed by atoms with van der Waals surface area (Å²) in [4.78, 5) is 24.0. The van der Waals surface area contributed by atoms with E-state index in [9.17, 15) is 23.1 Å². The summed E-state index contributed by atoms with van der Waals surface area (Å²) in [7, 11) is -2.61. The molecule has 2 unspecified atom stereocenters. The smallest absolute Gasteiger partial charge is 0.308 e. The zero-order valence-electron chi connectivity index (χ0n) is 14.5. The molecule has 9 heteroatoms. The van der Waals surface area contributed by atoms with E-state index in [1.807, 2.05) is 0 Å². The SMILES string of the molecule is CNS(=O)(=O)c1cc(C(=O)NC(c2ccccc2)C(C)C(=O)O)c(C)o1. The van der Waals surface area contributed by atoms with E-state index in [2.05, 4.69) is 10.0 Å². The highest BCUT2D eigenvalue weighted by atomic mass is 32.2. The van der Waals surface area contributed by atoms with Crippen molar-refractivity contribution in [1.29, 1.82) is 0 Å². The summed E-state index contributed by atoms with van der Waals surface area (Å²) in [6.07, 6.45) is 0. The number of amides is 1. The summed E-state index contributed by atoms with van der Waals surface area (Å²) in [5, 5.41) is 11.6. The van der Waals surface area contributed by atoms with Gasteiger partial charge in [-0.25, -0.2) is 13.1 Å². The number of furan rings is 1. The second-order valence-corrected chi connectivity index (χ2v) is 7.55. The largest absolute Gasteiger partial charge is 0.481 e. The molecule has 1 aromatic carbocycles. The van der Waals surface area contributed by atoms with Crippen LogP contribution < -0.4 is 10.0 Å². The molecule has 0 aliphatic carbocycles. The average Bonchev–Trinajstić information content (AvgIpc) is 3.02. The standard InChI is InChI=1S/C17H20N2O6S/c1-10(17(21)22)15(12-7-5-4-6-8-12)19-16(20)13-9-14(25-11(13)2)26(23,24)18-3/h4-10,15,18H,1-3H3,(H,19,20)(H,21,22). The van der Waals surface area contributed by atoms with Gasteiger partial charge in [0.25, 0.3) is 15.9 Å². The van der Waals surface area contributed by atoms with Crippen molar-refractivity contribution in [2.45, 2.75) is 25.0 Å². The lowest BCUT2D eigenvalue weighted by atomic mass is 9.94. The van der Waals surface area contributed by atoms with Crippen molar-refractivity contribution < 1.29 is 27.5 Å². The van der Waals surface area contributed by atoms with E-state index in [-0.39, 0.29) is 16.4 Å². The molecule has 2 atom stereocenters. The topological polar surface area (TPSA) is 126 Å². The van der Waals surface area contributed by atoms with Crippen LogP contribution in [0.15, 0.2) is 45.9 Å². The summed E-state index contributed by atoms with van der Waals surface area (Å²) < 4.78 is 30.9. The minimum absolute atomic E-state index is 0.0253. The van der Waals surface area contributed by atoms with Gasteiger partial charge in [-0.05, 0) is 26.5 Å². The minimum atomic E-state index is -3.83. The van der Waals surface area contributed by atoms with Crippen LogP contribution in [0.2, 0.25) is 0 Å². The van der Waals surface area contributed by atoms with Gasteiger partial charge < -0.3 is 14.8 Å². The molecule has 0 spiro atoms. The molecule has 1 heterocycles. The van der Waals surface area contributed by atoms with Gasteiger partial charge in [-0.1, -0.05) is 30.3 Å². The van der Waals surface area contributed by atoms with E-state index in [0.29, 0.717) is 5.56 Å². The number of carboxylic acids is 1. The molecule has 0 aliphatic rings. The quantitative estimate of drug-likeness (QED) is 0.671.